The number of nitrogens with zero attached hydrogens (tertiary/aromatic N) is 5. The molecule has 0 aliphatic rings. The molecule has 0 radical (unpaired) electrons. The van der Waals surface area contributed by atoms with Crippen molar-refractivity contribution in [2.45, 2.75) is 5.92 Å². The summed E-state index contributed by atoms with van der Waals surface area (Å²) in [5.41, 5.74) is 14.4. The first-order valence-electron chi connectivity index (χ1n) is 11.6. The minimum atomic E-state index is -0.199. The topological polar surface area (TPSA) is 91.7 Å². The number of fused-ring (bicyclic) bond motifs is 2. The summed E-state index contributed by atoms with van der Waals surface area (Å²) in [6.07, 6.45) is 9.31. The second kappa shape index (κ2) is 8.78. The van der Waals surface area contributed by atoms with Crippen LogP contribution in [0.3, 0.4) is 0 Å². The zero-order chi connectivity index (χ0) is 24.6. The van der Waals surface area contributed by atoms with E-state index in [1.54, 1.807) is 13.3 Å². The number of methoxy groups -OCH3 is 1. The van der Waals surface area contributed by atoms with Crippen LogP contribution >= 0.6 is 0 Å². The first kappa shape index (κ1) is 21.7. The molecule has 0 fully saturated rings. The number of nitrogens with two attached hydrogens (primary N) is 1. The van der Waals surface area contributed by atoms with Gasteiger partial charge < -0.3 is 15.0 Å². The van der Waals surface area contributed by atoms with Crippen LogP contribution in [-0.2, 0) is 7.05 Å². The number of rotatable bonds is 5. The Labute approximate surface area is 208 Å². The van der Waals surface area contributed by atoms with Crippen LogP contribution in [-0.4, -0.2) is 31.6 Å². The highest BCUT2D eigenvalue weighted by Crippen LogP contribution is 2.35. The molecule has 7 nitrogen and oxygen atoms in total. The standard InChI is InChI=1S/C29H24N6O/c1-35-11-9-18-5-6-19(12-26(18)35)23-13-22(30)14-24-29(23)34-25(17-32-24)28(20-4-3-10-31-15-20)21-7-8-27(36-2)33-16-21/h3-17,28H,30H2,1-2H3/t28-/m1/s1. The molecular formula is C29H24N6O. The Bertz CT molecular complexity index is 1690. The highest BCUT2D eigenvalue weighted by atomic mass is 16.5. The van der Waals surface area contributed by atoms with Gasteiger partial charge in [-0.2, -0.15) is 0 Å². The molecule has 0 bridgehead atoms. The molecule has 2 N–H and O–H groups in total. The normalized spacial score (nSPS) is 12.2. The van der Waals surface area contributed by atoms with E-state index in [0.717, 1.165) is 44.5 Å². The minimum Gasteiger partial charge on any atom is -0.481 e. The van der Waals surface area contributed by atoms with Gasteiger partial charge in [-0.15, -0.1) is 0 Å². The van der Waals surface area contributed by atoms with Crippen molar-refractivity contribution in [1.29, 1.82) is 0 Å². The van der Waals surface area contributed by atoms with E-state index in [9.17, 15) is 0 Å². The van der Waals surface area contributed by atoms with Crippen molar-refractivity contribution < 1.29 is 4.74 Å². The van der Waals surface area contributed by atoms with Crippen LogP contribution in [0, 0.1) is 0 Å². The van der Waals surface area contributed by atoms with Crippen molar-refractivity contribution >= 4 is 27.6 Å². The Morgan fingerprint density at radius 2 is 1.81 bits per heavy atom. The van der Waals surface area contributed by atoms with Crippen LogP contribution in [0.15, 0.2) is 91.6 Å². The number of ether oxygens (including phenoxy) is 1. The lowest BCUT2D eigenvalue weighted by atomic mass is 9.90. The van der Waals surface area contributed by atoms with Gasteiger partial charge in [0.15, 0.2) is 0 Å². The molecule has 1 atom stereocenters. The summed E-state index contributed by atoms with van der Waals surface area (Å²) < 4.78 is 7.37. The largest absolute Gasteiger partial charge is 0.481 e. The Morgan fingerprint density at radius 3 is 2.58 bits per heavy atom. The van der Waals surface area contributed by atoms with Crippen LogP contribution in [0.25, 0.3) is 33.1 Å². The van der Waals surface area contributed by atoms with Gasteiger partial charge in [-0.1, -0.05) is 24.3 Å². The number of hydrogen-bond donors (Lipinski definition) is 1. The molecule has 6 aromatic rings. The lowest BCUT2D eigenvalue weighted by Crippen LogP contribution is -2.08. The molecule has 2 aromatic carbocycles. The Balaban J connectivity index is 1.56. The molecular weight excluding hydrogens is 448 g/mol. The van der Waals surface area contributed by atoms with E-state index < -0.39 is 0 Å². The van der Waals surface area contributed by atoms with Crippen LogP contribution in [0.5, 0.6) is 5.88 Å². The molecule has 0 unspecified atom stereocenters. The fraction of sp³-hybridized carbons (Fsp3) is 0.103. The number of hydrogen-bond acceptors (Lipinski definition) is 6. The van der Waals surface area contributed by atoms with Gasteiger partial charge in [0, 0.05) is 54.7 Å². The van der Waals surface area contributed by atoms with Crippen molar-refractivity contribution in [3.05, 3.63) is 108 Å². The summed E-state index contributed by atoms with van der Waals surface area (Å²) >= 11 is 0. The summed E-state index contributed by atoms with van der Waals surface area (Å²) in [6.45, 7) is 0. The molecule has 0 saturated carbocycles. The van der Waals surface area contributed by atoms with E-state index in [-0.39, 0.29) is 5.92 Å². The maximum Gasteiger partial charge on any atom is 0.212 e. The molecule has 4 aromatic heterocycles. The first-order chi connectivity index (χ1) is 17.6. The minimum absolute atomic E-state index is 0.199. The van der Waals surface area contributed by atoms with Crippen LogP contribution < -0.4 is 10.5 Å². The highest BCUT2D eigenvalue weighted by molar-refractivity contribution is 5.97. The van der Waals surface area contributed by atoms with Crippen molar-refractivity contribution in [1.82, 2.24) is 24.5 Å². The molecule has 4 heterocycles. The molecule has 176 valence electrons. The first-order valence-corrected chi connectivity index (χ1v) is 11.6. The predicted octanol–water partition coefficient (Wildman–Crippen LogP) is 5.35. The zero-order valence-electron chi connectivity index (χ0n) is 20.0. The monoisotopic (exact) mass is 472 g/mol. The SMILES string of the molecule is COc1ccc([C@@H](c2cccnc2)c2cnc3cc(N)cc(-c4ccc5ccn(C)c5c4)c3n2)cn1. The predicted molar refractivity (Wildman–Crippen MR) is 142 cm³/mol. The third-order valence-electron chi connectivity index (χ3n) is 6.50. The summed E-state index contributed by atoms with van der Waals surface area (Å²) in [6, 6.07) is 20.2. The third-order valence-corrected chi connectivity index (χ3v) is 6.50. The number of aromatic nitrogens is 5. The Kier molecular flexibility index (Phi) is 5.30. The Hall–Kier alpha value is -4.78. The number of pyridine rings is 2. The lowest BCUT2D eigenvalue weighted by molar-refractivity contribution is 0.397. The van der Waals surface area contributed by atoms with Crippen LogP contribution in [0.1, 0.15) is 22.7 Å². The number of nitrogen functional groups attached to an aromatic ring is 1. The van der Waals surface area contributed by atoms with Gasteiger partial charge in [-0.25, -0.2) is 9.97 Å². The molecule has 7 heteroatoms. The molecule has 36 heavy (non-hydrogen) atoms. The quantitative estimate of drug-likeness (QED) is 0.340. The summed E-state index contributed by atoms with van der Waals surface area (Å²) in [7, 11) is 3.65. The van der Waals surface area contributed by atoms with Gasteiger partial charge in [0.05, 0.1) is 36.0 Å². The fourth-order valence-electron chi connectivity index (χ4n) is 4.70. The van der Waals surface area contributed by atoms with Crippen LogP contribution in [0.4, 0.5) is 5.69 Å². The van der Waals surface area contributed by atoms with E-state index in [2.05, 4.69) is 45.0 Å². The van der Waals surface area contributed by atoms with Crippen molar-refractivity contribution in [3.63, 3.8) is 0 Å². The lowest BCUT2D eigenvalue weighted by Gasteiger charge is -2.18. The molecule has 0 spiro atoms. The maximum atomic E-state index is 6.29. The third kappa shape index (κ3) is 3.80. The van der Waals surface area contributed by atoms with Gasteiger partial charge in [-0.05, 0) is 52.4 Å². The second-order valence-corrected chi connectivity index (χ2v) is 8.78. The van der Waals surface area contributed by atoms with Crippen molar-refractivity contribution in [2.24, 2.45) is 7.05 Å². The van der Waals surface area contributed by atoms with E-state index in [4.69, 9.17) is 20.4 Å². The summed E-state index contributed by atoms with van der Waals surface area (Å²) in [5.74, 6) is 0.358. The van der Waals surface area contributed by atoms with E-state index >= 15 is 0 Å². The number of benzene rings is 2. The van der Waals surface area contributed by atoms with Gasteiger partial charge in [0.25, 0.3) is 0 Å². The van der Waals surface area contributed by atoms with Gasteiger partial charge >= 0.3 is 0 Å². The fourth-order valence-corrected chi connectivity index (χ4v) is 4.70. The van der Waals surface area contributed by atoms with Crippen molar-refractivity contribution in [3.8, 4) is 17.0 Å². The van der Waals surface area contributed by atoms with E-state index in [1.165, 1.54) is 5.39 Å². The smallest absolute Gasteiger partial charge is 0.212 e. The summed E-state index contributed by atoms with van der Waals surface area (Å²) in [4.78, 5) is 18.7. The number of aryl methyl sites for hydroxylation is 1. The van der Waals surface area contributed by atoms with E-state index in [1.807, 2.05) is 62.0 Å². The second-order valence-electron chi connectivity index (χ2n) is 8.78. The molecule has 0 aliphatic carbocycles. The molecule has 0 aliphatic heterocycles. The average Bonchev–Trinajstić information content (AvgIpc) is 3.29. The molecule has 0 amide bonds. The number of anilines is 1. The zero-order valence-corrected chi connectivity index (χ0v) is 20.0. The molecule has 6 rings (SSSR count). The van der Waals surface area contributed by atoms with E-state index in [0.29, 0.717) is 11.6 Å². The van der Waals surface area contributed by atoms with Crippen LogP contribution in [0.2, 0.25) is 0 Å². The summed E-state index contributed by atoms with van der Waals surface area (Å²) in [5, 5.41) is 1.19. The average molecular weight is 473 g/mol. The van der Waals surface area contributed by atoms with Crippen molar-refractivity contribution in [2.75, 3.05) is 12.8 Å². The Morgan fingerprint density at radius 1 is 0.917 bits per heavy atom. The van der Waals surface area contributed by atoms with Gasteiger partial charge in [0.1, 0.15) is 0 Å². The van der Waals surface area contributed by atoms with Gasteiger partial charge in [-0.3, -0.25) is 9.97 Å². The van der Waals surface area contributed by atoms with Gasteiger partial charge in [0.2, 0.25) is 5.88 Å². The molecule has 0 saturated heterocycles. The maximum absolute atomic E-state index is 6.29. The highest BCUT2D eigenvalue weighted by Gasteiger charge is 2.21.